The van der Waals surface area contributed by atoms with Gasteiger partial charge >= 0.3 is 0 Å². The number of nitrogens with one attached hydrogen (secondary N) is 2. The van der Waals surface area contributed by atoms with Gasteiger partial charge in [0, 0.05) is 57.8 Å². The Bertz CT molecular complexity index is 541. The summed E-state index contributed by atoms with van der Waals surface area (Å²) in [5.74, 6) is 0.938. The Morgan fingerprint density at radius 2 is 2.08 bits per heavy atom. The molecule has 1 aromatic rings. The number of aliphatic imine (C=N–C) groups is 1. The standard InChI is InChI=1S/C17H30N6O2.HI/c1-4-18-17(19-7-5-16(24)20-14(2)3)23-10-8-22(9-11-23)13-15-6-12-25-21-15;/h6,12,14H,4-5,7-11,13H2,1-3H3,(H,18,19)(H,20,24);1H. The van der Waals surface area contributed by atoms with E-state index < -0.39 is 0 Å². The Balaban J connectivity index is 0.00000338. The summed E-state index contributed by atoms with van der Waals surface area (Å²) in [7, 11) is 0. The van der Waals surface area contributed by atoms with E-state index in [9.17, 15) is 4.79 Å². The number of carbonyl (C=O) groups excluding carboxylic acids is 1. The number of hydrogen-bond donors (Lipinski definition) is 2. The molecule has 1 aliphatic heterocycles. The van der Waals surface area contributed by atoms with Crippen molar-refractivity contribution in [3.05, 3.63) is 18.0 Å². The molecule has 2 N–H and O–H groups in total. The van der Waals surface area contributed by atoms with Crippen LogP contribution in [0.4, 0.5) is 0 Å². The van der Waals surface area contributed by atoms with Crippen LogP contribution in [0.3, 0.4) is 0 Å². The van der Waals surface area contributed by atoms with Crippen LogP contribution in [0, 0.1) is 0 Å². The van der Waals surface area contributed by atoms with Crippen LogP contribution in [0.2, 0.25) is 0 Å². The maximum Gasteiger partial charge on any atom is 0.222 e. The Morgan fingerprint density at radius 1 is 1.35 bits per heavy atom. The molecule has 0 radical (unpaired) electrons. The summed E-state index contributed by atoms with van der Waals surface area (Å²) in [6.45, 7) is 11.8. The second-order valence-corrected chi connectivity index (χ2v) is 6.46. The van der Waals surface area contributed by atoms with Gasteiger partial charge in [-0.2, -0.15) is 0 Å². The van der Waals surface area contributed by atoms with Crippen LogP contribution in [0.25, 0.3) is 0 Å². The average Bonchev–Trinajstić information content (AvgIpc) is 3.07. The maximum atomic E-state index is 11.7. The number of halogens is 1. The number of carbonyl (C=O) groups is 1. The molecule has 0 saturated carbocycles. The third kappa shape index (κ3) is 7.90. The molecule has 1 aromatic heterocycles. The molecule has 0 aliphatic carbocycles. The molecule has 8 nitrogen and oxygen atoms in total. The lowest BCUT2D eigenvalue weighted by atomic mass is 10.3. The minimum Gasteiger partial charge on any atom is -0.364 e. The number of amides is 1. The lowest BCUT2D eigenvalue weighted by molar-refractivity contribution is -0.121. The third-order valence-corrected chi connectivity index (χ3v) is 3.93. The van der Waals surface area contributed by atoms with Crippen molar-refractivity contribution >= 4 is 35.8 Å². The van der Waals surface area contributed by atoms with Crippen LogP contribution in [0.1, 0.15) is 32.9 Å². The first-order chi connectivity index (χ1) is 12.1. The summed E-state index contributed by atoms with van der Waals surface area (Å²) < 4.78 is 4.89. The van der Waals surface area contributed by atoms with Crippen LogP contribution < -0.4 is 10.6 Å². The Morgan fingerprint density at radius 3 is 2.65 bits per heavy atom. The van der Waals surface area contributed by atoms with Crippen molar-refractivity contribution in [2.45, 2.75) is 39.8 Å². The van der Waals surface area contributed by atoms with Gasteiger partial charge in [-0.3, -0.25) is 14.7 Å². The summed E-state index contributed by atoms with van der Waals surface area (Å²) >= 11 is 0. The van der Waals surface area contributed by atoms with E-state index >= 15 is 0 Å². The van der Waals surface area contributed by atoms with Crippen LogP contribution in [-0.2, 0) is 11.3 Å². The van der Waals surface area contributed by atoms with Crippen molar-refractivity contribution in [2.24, 2.45) is 4.99 Å². The first-order valence-electron chi connectivity index (χ1n) is 9.02. The van der Waals surface area contributed by atoms with E-state index in [1.54, 1.807) is 6.26 Å². The van der Waals surface area contributed by atoms with Gasteiger partial charge in [-0.1, -0.05) is 5.16 Å². The normalized spacial score (nSPS) is 15.7. The Labute approximate surface area is 172 Å². The summed E-state index contributed by atoms with van der Waals surface area (Å²) in [5.41, 5.74) is 0.963. The molecule has 0 bridgehead atoms. The monoisotopic (exact) mass is 478 g/mol. The van der Waals surface area contributed by atoms with Gasteiger partial charge in [0.15, 0.2) is 5.96 Å². The van der Waals surface area contributed by atoms with Gasteiger partial charge in [-0.15, -0.1) is 24.0 Å². The van der Waals surface area contributed by atoms with Crippen LogP contribution in [-0.4, -0.2) is 72.1 Å². The molecule has 0 atom stereocenters. The van der Waals surface area contributed by atoms with Gasteiger partial charge in [0.2, 0.25) is 5.91 Å². The lowest BCUT2D eigenvalue weighted by Gasteiger charge is -2.36. The molecule has 26 heavy (non-hydrogen) atoms. The summed E-state index contributed by atoms with van der Waals surface area (Å²) in [4.78, 5) is 20.9. The van der Waals surface area contributed by atoms with Gasteiger partial charge in [0.25, 0.3) is 0 Å². The molecule has 2 heterocycles. The van der Waals surface area contributed by atoms with Gasteiger partial charge in [0.1, 0.15) is 6.26 Å². The largest absolute Gasteiger partial charge is 0.364 e. The van der Waals surface area contributed by atoms with E-state index in [1.165, 1.54) is 0 Å². The zero-order valence-electron chi connectivity index (χ0n) is 15.9. The lowest BCUT2D eigenvalue weighted by Crippen LogP contribution is -2.52. The fourth-order valence-corrected chi connectivity index (χ4v) is 2.75. The number of hydrogen-bond acceptors (Lipinski definition) is 5. The molecule has 1 aliphatic rings. The van der Waals surface area contributed by atoms with Gasteiger partial charge < -0.3 is 20.1 Å². The van der Waals surface area contributed by atoms with Gasteiger partial charge in [0.05, 0.1) is 12.2 Å². The smallest absolute Gasteiger partial charge is 0.222 e. The number of nitrogens with zero attached hydrogens (tertiary/aromatic N) is 4. The molecule has 1 amide bonds. The molecule has 148 valence electrons. The fraction of sp³-hybridized carbons (Fsp3) is 0.706. The first-order valence-corrected chi connectivity index (χ1v) is 9.02. The average molecular weight is 478 g/mol. The SMILES string of the molecule is CCNC(=NCCC(=O)NC(C)C)N1CCN(Cc2ccon2)CC1.I. The molecule has 0 spiro atoms. The van der Waals surface area contributed by atoms with E-state index in [4.69, 9.17) is 4.52 Å². The molecular weight excluding hydrogens is 447 g/mol. The topological polar surface area (TPSA) is 86.0 Å². The molecule has 0 unspecified atom stereocenters. The minimum atomic E-state index is 0. The van der Waals surface area contributed by atoms with Crippen molar-refractivity contribution in [1.29, 1.82) is 0 Å². The van der Waals surface area contributed by atoms with E-state index in [0.29, 0.717) is 13.0 Å². The van der Waals surface area contributed by atoms with Crippen LogP contribution in [0.5, 0.6) is 0 Å². The van der Waals surface area contributed by atoms with Gasteiger partial charge in [-0.25, -0.2) is 0 Å². The predicted molar refractivity (Wildman–Crippen MR) is 113 cm³/mol. The highest BCUT2D eigenvalue weighted by Gasteiger charge is 2.20. The summed E-state index contributed by atoms with van der Waals surface area (Å²) in [6.07, 6.45) is 2.02. The third-order valence-electron chi connectivity index (χ3n) is 3.93. The number of rotatable bonds is 7. The Kier molecular flexibility index (Phi) is 10.6. The van der Waals surface area contributed by atoms with E-state index in [0.717, 1.165) is 50.9 Å². The fourth-order valence-electron chi connectivity index (χ4n) is 2.75. The van der Waals surface area contributed by atoms with Crippen molar-refractivity contribution in [1.82, 2.24) is 25.6 Å². The molecule has 2 rings (SSSR count). The van der Waals surface area contributed by atoms with Crippen LogP contribution >= 0.6 is 24.0 Å². The van der Waals surface area contributed by atoms with E-state index in [-0.39, 0.29) is 35.9 Å². The number of piperazine rings is 1. The molecule has 9 heteroatoms. The predicted octanol–water partition coefficient (Wildman–Crippen LogP) is 1.29. The van der Waals surface area contributed by atoms with Gasteiger partial charge in [-0.05, 0) is 20.8 Å². The van der Waals surface area contributed by atoms with Crippen molar-refractivity contribution in [3.63, 3.8) is 0 Å². The van der Waals surface area contributed by atoms with Crippen molar-refractivity contribution < 1.29 is 9.32 Å². The quantitative estimate of drug-likeness (QED) is 0.349. The Hall–Kier alpha value is -1.36. The zero-order valence-corrected chi connectivity index (χ0v) is 18.2. The van der Waals surface area contributed by atoms with E-state index in [1.807, 2.05) is 19.9 Å². The highest BCUT2D eigenvalue weighted by molar-refractivity contribution is 14.0. The molecular formula is C17H31IN6O2. The second kappa shape index (κ2) is 12.1. The minimum absolute atomic E-state index is 0. The summed E-state index contributed by atoms with van der Waals surface area (Å²) in [5, 5.41) is 10.2. The maximum absolute atomic E-state index is 11.7. The number of guanidine groups is 1. The molecule has 1 fully saturated rings. The van der Waals surface area contributed by atoms with Crippen molar-refractivity contribution in [3.8, 4) is 0 Å². The highest BCUT2D eigenvalue weighted by atomic mass is 127. The molecule has 1 saturated heterocycles. The second-order valence-electron chi connectivity index (χ2n) is 6.46. The highest BCUT2D eigenvalue weighted by Crippen LogP contribution is 2.07. The first kappa shape index (κ1) is 22.7. The van der Waals surface area contributed by atoms with Crippen LogP contribution in [0.15, 0.2) is 21.8 Å². The number of aromatic nitrogens is 1. The van der Waals surface area contributed by atoms with Crippen molar-refractivity contribution in [2.75, 3.05) is 39.3 Å². The molecule has 0 aromatic carbocycles. The summed E-state index contributed by atoms with van der Waals surface area (Å²) in [6, 6.07) is 2.07. The zero-order chi connectivity index (χ0) is 18.1. The van der Waals surface area contributed by atoms with E-state index in [2.05, 4.69) is 37.5 Å².